The molecule has 0 bridgehead atoms. The number of fused-ring (bicyclic) bond motifs is 3. The van der Waals surface area contributed by atoms with E-state index in [1.54, 1.807) is 0 Å². The van der Waals surface area contributed by atoms with Crippen molar-refractivity contribution in [3.8, 4) is 0 Å². The fraction of sp³-hybridized carbons (Fsp3) is 0. The highest BCUT2D eigenvalue weighted by Gasteiger charge is 2.06. The van der Waals surface area contributed by atoms with Crippen LogP contribution in [0.3, 0.4) is 0 Å². The molecule has 1 heterocycles. The highest BCUT2D eigenvalue weighted by molar-refractivity contribution is 6.30. The molecule has 1 aromatic heterocycles. The van der Waals surface area contributed by atoms with E-state index in [9.17, 15) is 0 Å². The number of aliphatic imine (C=N–C) groups is 1. The topological polar surface area (TPSA) is 25.5 Å². The average Bonchev–Trinajstić information content (AvgIpc) is 2.92. The van der Waals surface area contributed by atoms with Crippen molar-refractivity contribution in [1.29, 1.82) is 0 Å². The van der Waals surface area contributed by atoms with E-state index < -0.39 is 0 Å². The van der Waals surface area contributed by atoms with E-state index in [0.29, 0.717) is 0 Å². The van der Waals surface area contributed by atoms with Gasteiger partial charge in [0.15, 0.2) is 0 Å². The molecule has 0 N–H and O–H groups in total. The number of halogens is 1. The van der Waals surface area contributed by atoms with E-state index in [0.717, 1.165) is 38.2 Å². The standard InChI is InChI=1S/C19H12ClNO/c20-14-7-5-13(6-8-14)12-21-15-9-10-17-16-3-1-2-4-18(16)22-19(17)11-15/h1-12H. The maximum atomic E-state index is 5.88. The number of furan rings is 1. The lowest BCUT2D eigenvalue weighted by Crippen LogP contribution is -1.78. The quantitative estimate of drug-likeness (QED) is 0.418. The maximum absolute atomic E-state index is 5.88. The summed E-state index contributed by atoms with van der Waals surface area (Å²) in [5.74, 6) is 0. The van der Waals surface area contributed by atoms with Crippen LogP contribution in [0.5, 0.6) is 0 Å². The first-order valence-electron chi connectivity index (χ1n) is 7.00. The normalized spacial score (nSPS) is 11.7. The zero-order valence-electron chi connectivity index (χ0n) is 11.7. The molecule has 22 heavy (non-hydrogen) atoms. The first-order valence-corrected chi connectivity index (χ1v) is 7.38. The molecule has 0 radical (unpaired) electrons. The Kier molecular flexibility index (Phi) is 3.17. The molecule has 0 aliphatic carbocycles. The SMILES string of the molecule is Clc1ccc(C=Nc2ccc3c(c2)oc2ccccc23)cc1. The van der Waals surface area contributed by atoms with Crippen LogP contribution >= 0.6 is 11.6 Å². The Morgan fingerprint density at radius 2 is 1.59 bits per heavy atom. The third kappa shape index (κ3) is 2.38. The Balaban J connectivity index is 1.73. The summed E-state index contributed by atoms with van der Waals surface area (Å²) in [6.45, 7) is 0. The fourth-order valence-electron chi connectivity index (χ4n) is 2.49. The molecular weight excluding hydrogens is 294 g/mol. The van der Waals surface area contributed by atoms with E-state index in [-0.39, 0.29) is 0 Å². The molecule has 106 valence electrons. The van der Waals surface area contributed by atoms with Gasteiger partial charge >= 0.3 is 0 Å². The summed E-state index contributed by atoms with van der Waals surface area (Å²) in [6, 6.07) is 21.6. The summed E-state index contributed by atoms with van der Waals surface area (Å²) in [5, 5.41) is 2.97. The highest BCUT2D eigenvalue weighted by atomic mass is 35.5. The van der Waals surface area contributed by atoms with Crippen LogP contribution in [0.15, 0.2) is 76.1 Å². The minimum absolute atomic E-state index is 0.723. The summed E-state index contributed by atoms with van der Waals surface area (Å²) < 4.78 is 5.87. The number of benzene rings is 3. The van der Waals surface area contributed by atoms with E-state index in [4.69, 9.17) is 16.0 Å². The van der Waals surface area contributed by atoms with Crippen molar-refractivity contribution in [3.05, 3.63) is 77.3 Å². The van der Waals surface area contributed by atoms with Crippen molar-refractivity contribution in [1.82, 2.24) is 0 Å². The molecule has 0 fully saturated rings. The van der Waals surface area contributed by atoms with Crippen molar-refractivity contribution in [2.24, 2.45) is 4.99 Å². The number of hydrogen-bond donors (Lipinski definition) is 0. The average molecular weight is 306 g/mol. The Hall–Kier alpha value is -2.58. The molecule has 0 saturated carbocycles. The van der Waals surface area contributed by atoms with Crippen LogP contribution in [0.2, 0.25) is 5.02 Å². The van der Waals surface area contributed by atoms with Crippen LogP contribution in [-0.2, 0) is 0 Å². The molecule has 0 atom stereocenters. The monoisotopic (exact) mass is 305 g/mol. The van der Waals surface area contributed by atoms with E-state index in [1.807, 2.05) is 60.8 Å². The molecule has 0 amide bonds. The van der Waals surface area contributed by atoms with Crippen molar-refractivity contribution in [3.63, 3.8) is 0 Å². The van der Waals surface area contributed by atoms with Crippen LogP contribution < -0.4 is 0 Å². The molecule has 3 heteroatoms. The molecule has 4 rings (SSSR count). The summed E-state index contributed by atoms with van der Waals surface area (Å²) in [4.78, 5) is 4.50. The van der Waals surface area contributed by atoms with Gasteiger partial charge in [0.2, 0.25) is 0 Å². The van der Waals surface area contributed by atoms with E-state index in [2.05, 4.69) is 17.1 Å². The minimum Gasteiger partial charge on any atom is -0.456 e. The van der Waals surface area contributed by atoms with Crippen molar-refractivity contribution < 1.29 is 4.42 Å². The molecule has 3 aromatic carbocycles. The number of rotatable bonds is 2. The van der Waals surface area contributed by atoms with Gasteiger partial charge in [0.25, 0.3) is 0 Å². The van der Waals surface area contributed by atoms with Gasteiger partial charge in [-0.25, -0.2) is 0 Å². The summed E-state index contributed by atoms with van der Waals surface area (Å²) in [7, 11) is 0. The van der Waals surface area contributed by atoms with Crippen LogP contribution in [0.4, 0.5) is 5.69 Å². The van der Waals surface area contributed by atoms with Crippen molar-refractivity contribution in [2.45, 2.75) is 0 Å². The minimum atomic E-state index is 0.723. The van der Waals surface area contributed by atoms with Crippen molar-refractivity contribution in [2.75, 3.05) is 0 Å². The van der Waals surface area contributed by atoms with Crippen LogP contribution in [0.1, 0.15) is 5.56 Å². The zero-order chi connectivity index (χ0) is 14.9. The largest absolute Gasteiger partial charge is 0.456 e. The first kappa shape index (κ1) is 13.1. The second-order valence-electron chi connectivity index (χ2n) is 5.09. The lowest BCUT2D eigenvalue weighted by atomic mass is 10.1. The summed E-state index contributed by atoms with van der Waals surface area (Å²) >= 11 is 5.88. The van der Waals surface area contributed by atoms with Gasteiger partial charge in [-0.1, -0.05) is 41.9 Å². The van der Waals surface area contributed by atoms with E-state index in [1.165, 1.54) is 0 Å². The van der Waals surface area contributed by atoms with Gasteiger partial charge in [-0.15, -0.1) is 0 Å². The number of hydrogen-bond acceptors (Lipinski definition) is 2. The molecule has 0 aliphatic heterocycles. The fourth-order valence-corrected chi connectivity index (χ4v) is 2.62. The van der Waals surface area contributed by atoms with Gasteiger partial charge in [0.05, 0.1) is 5.69 Å². The Morgan fingerprint density at radius 3 is 2.45 bits per heavy atom. The van der Waals surface area contributed by atoms with Crippen molar-refractivity contribution >= 4 is 45.4 Å². The number of para-hydroxylation sites is 1. The Labute approximate surface area is 132 Å². The Morgan fingerprint density at radius 1 is 0.818 bits per heavy atom. The van der Waals surface area contributed by atoms with Gasteiger partial charge < -0.3 is 4.42 Å². The molecular formula is C19H12ClNO. The number of nitrogens with zero attached hydrogens (tertiary/aromatic N) is 1. The predicted octanol–water partition coefficient (Wildman–Crippen LogP) is 5.99. The van der Waals surface area contributed by atoms with Gasteiger partial charge in [-0.2, -0.15) is 0 Å². The predicted molar refractivity (Wildman–Crippen MR) is 92.4 cm³/mol. The van der Waals surface area contributed by atoms with Crippen LogP contribution in [0.25, 0.3) is 21.9 Å². The van der Waals surface area contributed by atoms with Gasteiger partial charge in [-0.05, 0) is 35.9 Å². The molecule has 0 unspecified atom stereocenters. The van der Waals surface area contributed by atoms with Gasteiger partial charge in [0.1, 0.15) is 11.2 Å². The molecule has 0 aliphatic rings. The Bertz CT molecular complexity index is 983. The smallest absolute Gasteiger partial charge is 0.137 e. The maximum Gasteiger partial charge on any atom is 0.137 e. The molecule has 4 aromatic rings. The summed E-state index contributed by atoms with van der Waals surface area (Å²) in [6.07, 6.45) is 1.82. The van der Waals surface area contributed by atoms with Crippen LogP contribution in [0, 0.1) is 0 Å². The highest BCUT2D eigenvalue weighted by Crippen LogP contribution is 2.31. The first-order chi connectivity index (χ1) is 10.8. The molecule has 0 saturated heterocycles. The summed E-state index contributed by atoms with van der Waals surface area (Å²) in [5.41, 5.74) is 3.62. The third-order valence-electron chi connectivity index (χ3n) is 3.60. The third-order valence-corrected chi connectivity index (χ3v) is 3.85. The lowest BCUT2D eigenvalue weighted by molar-refractivity contribution is 0.669. The van der Waals surface area contributed by atoms with E-state index >= 15 is 0 Å². The molecule has 2 nitrogen and oxygen atoms in total. The second-order valence-corrected chi connectivity index (χ2v) is 5.52. The zero-order valence-corrected chi connectivity index (χ0v) is 12.4. The lowest BCUT2D eigenvalue weighted by Gasteiger charge is -1.95. The van der Waals surface area contributed by atoms with Gasteiger partial charge in [0, 0.05) is 28.1 Å². The molecule has 0 spiro atoms. The van der Waals surface area contributed by atoms with Gasteiger partial charge in [-0.3, -0.25) is 4.99 Å². The van der Waals surface area contributed by atoms with Crippen LogP contribution in [-0.4, -0.2) is 6.21 Å². The second kappa shape index (κ2) is 5.32.